The number of fused-ring (bicyclic) bond motifs is 2. The van der Waals surface area contributed by atoms with Crippen LogP contribution in [0.2, 0.25) is 5.02 Å². The maximum absolute atomic E-state index is 8.34. The van der Waals surface area contributed by atoms with Gasteiger partial charge in [-0.2, -0.15) is 0 Å². The van der Waals surface area contributed by atoms with Gasteiger partial charge in [0, 0.05) is 16.8 Å². The number of hydrogen-bond acceptors (Lipinski definition) is 2. The third-order valence-electron chi connectivity index (χ3n) is 3.37. The first-order valence-electron chi connectivity index (χ1n) is 5.99. The molecule has 0 atom stereocenters. The highest BCUT2D eigenvalue weighted by Gasteiger charge is 2.20. The van der Waals surface area contributed by atoms with Crippen molar-refractivity contribution in [3.63, 3.8) is 0 Å². The lowest BCUT2D eigenvalue weighted by atomic mass is 10.0. The topological polar surface area (TPSA) is 36.7 Å². The Kier molecular flexibility index (Phi) is 2.67. The lowest BCUT2D eigenvalue weighted by Crippen LogP contribution is -2.07. The highest BCUT2D eigenvalue weighted by atomic mass is 35.5. The monoisotopic (exact) mass is 256 g/mol. The third kappa shape index (κ3) is 1.73. The molecule has 1 heterocycles. The normalized spacial score (nSPS) is 13.8. The summed E-state index contributed by atoms with van der Waals surface area (Å²) in [7, 11) is 0. The molecule has 0 saturated heterocycles. The van der Waals surface area contributed by atoms with E-state index in [0.29, 0.717) is 5.71 Å². The molecule has 3 heteroatoms. The zero-order chi connectivity index (χ0) is 12.7. The van der Waals surface area contributed by atoms with Crippen LogP contribution in [0.3, 0.4) is 0 Å². The molecule has 0 saturated carbocycles. The zero-order valence-corrected chi connectivity index (χ0v) is 10.9. The maximum Gasteiger partial charge on any atom is 0.0917 e. The first-order chi connectivity index (χ1) is 8.66. The van der Waals surface area contributed by atoms with Crippen LogP contribution in [-0.2, 0) is 12.8 Å². The zero-order valence-electron chi connectivity index (χ0n) is 10.1. The van der Waals surface area contributed by atoms with E-state index in [9.17, 15) is 0 Å². The molecule has 1 aromatic carbocycles. The Morgan fingerprint density at radius 2 is 2.11 bits per heavy atom. The van der Waals surface area contributed by atoms with Gasteiger partial charge in [-0.3, -0.25) is 10.4 Å². The Hall–Kier alpha value is -1.67. The summed E-state index contributed by atoms with van der Waals surface area (Å²) in [6.07, 6.45) is 3.58. The standard InChI is InChI=1S/C15H13ClN2/c1-9-7-10-5-6-11-12(3-2-4-13(11)16)14(17)15(10)18-8-9/h2-4,7-8,17H,5-6H2,1H3. The highest BCUT2D eigenvalue weighted by molar-refractivity contribution is 6.32. The molecule has 0 spiro atoms. The first kappa shape index (κ1) is 11.4. The minimum absolute atomic E-state index is 0.486. The molecule has 1 N–H and O–H groups in total. The van der Waals surface area contributed by atoms with Crippen molar-refractivity contribution in [1.82, 2.24) is 4.98 Å². The van der Waals surface area contributed by atoms with Gasteiger partial charge in [0.1, 0.15) is 0 Å². The van der Waals surface area contributed by atoms with Gasteiger partial charge in [0.25, 0.3) is 0 Å². The summed E-state index contributed by atoms with van der Waals surface area (Å²) in [5.74, 6) is 0. The molecule has 3 rings (SSSR count). The molecule has 0 fully saturated rings. The van der Waals surface area contributed by atoms with E-state index >= 15 is 0 Å². The summed E-state index contributed by atoms with van der Waals surface area (Å²) in [5.41, 5.74) is 5.55. The van der Waals surface area contributed by atoms with Crippen LogP contribution in [0.1, 0.15) is 27.9 Å². The molecule has 0 unspecified atom stereocenters. The molecular formula is C15H13ClN2. The first-order valence-corrected chi connectivity index (χ1v) is 6.37. The largest absolute Gasteiger partial charge is 0.298 e. The van der Waals surface area contributed by atoms with Gasteiger partial charge < -0.3 is 0 Å². The molecule has 1 aliphatic carbocycles. The fourth-order valence-corrected chi connectivity index (χ4v) is 2.75. The number of rotatable bonds is 0. The molecule has 1 aromatic heterocycles. The number of aryl methyl sites for hydroxylation is 2. The van der Waals surface area contributed by atoms with Gasteiger partial charge >= 0.3 is 0 Å². The van der Waals surface area contributed by atoms with Gasteiger partial charge in [-0.25, -0.2) is 0 Å². The van der Waals surface area contributed by atoms with Crippen LogP contribution in [-0.4, -0.2) is 10.7 Å². The lowest BCUT2D eigenvalue weighted by molar-refractivity contribution is 0.952. The summed E-state index contributed by atoms with van der Waals surface area (Å²) in [4.78, 5) is 4.42. The Morgan fingerprint density at radius 1 is 1.28 bits per heavy atom. The van der Waals surface area contributed by atoms with Gasteiger partial charge in [0.05, 0.1) is 11.4 Å². The van der Waals surface area contributed by atoms with E-state index < -0.39 is 0 Å². The number of nitrogens with one attached hydrogen (secondary N) is 1. The second kappa shape index (κ2) is 4.21. The number of hydrogen-bond donors (Lipinski definition) is 1. The summed E-state index contributed by atoms with van der Waals surface area (Å²) in [6, 6.07) is 7.87. The van der Waals surface area contributed by atoms with Gasteiger partial charge in [0.2, 0.25) is 0 Å². The van der Waals surface area contributed by atoms with Crippen molar-refractivity contribution in [2.24, 2.45) is 0 Å². The number of halogens is 1. The van der Waals surface area contributed by atoms with Crippen LogP contribution < -0.4 is 0 Å². The number of nitrogens with zero attached hydrogens (tertiary/aromatic N) is 1. The Bertz CT molecular complexity index is 647. The molecule has 2 nitrogen and oxygen atoms in total. The summed E-state index contributed by atoms with van der Waals surface area (Å²) >= 11 is 6.24. The van der Waals surface area contributed by atoms with Gasteiger partial charge in [0.15, 0.2) is 0 Å². The van der Waals surface area contributed by atoms with Gasteiger partial charge in [-0.15, -0.1) is 0 Å². The molecule has 0 amide bonds. The van der Waals surface area contributed by atoms with Gasteiger partial charge in [-0.05, 0) is 42.5 Å². The van der Waals surface area contributed by atoms with E-state index in [2.05, 4.69) is 11.1 Å². The van der Waals surface area contributed by atoms with E-state index in [4.69, 9.17) is 17.0 Å². The van der Waals surface area contributed by atoms with Gasteiger partial charge in [-0.1, -0.05) is 29.8 Å². The molecule has 0 bridgehead atoms. The van der Waals surface area contributed by atoms with E-state index in [1.54, 1.807) is 0 Å². The van der Waals surface area contributed by atoms with Crippen molar-refractivity contribution >= 4 is 17.3 Å². The van der Waals surface area contributed by atoms with Crippen LogP contribution in [0, 0.1) is 12.3 Å². The second-order valence-corrected chi connectivity index (χ2v) is 5.07. The smallest absolute Gasteiger partial charge is 0.0917 e. The molecule has 0 aliphatic heterocycles. The molecule has 90 valence electrons. The maximum atomic E-state index is 8.34. The van der Waals surface area contributed by atoms with Crippen molar-refractivity contribution in [2.75, 3.05) is 0 Å². The molecular weight excluding hydrogens is 244 g/mol. The lowest BCUT2D eigenvalue weighted by Gasteiger charge is -2.08. The molecule has 2 aromatic rings. The average Bonchev–Trinajstić information content (AvgIpc) is 2.49. The SMILES string of the molecule is Cc1cnc2c(c1)CCc1c(Cl)cccc1C2=N. The summed E-state index contributed by atoms with van der Waals surface area (Å²) in [5, 5.41) is 9.09. The number of aromatic nitrogens is 1. The second-order valence-electron chi connectivity index (χ2n) is 4.66. The number of benzene rings is 1. The quantitative estimate of drug-likeness (QED) is 0.769. The average molecular weight is 257 g/mol. The van der Waals surface area contributed by atoms with E-state index in [-0.39, 0.29) is 0 Å². The fraction of sp³-hybridized carbons (Fsp3) is 0.200. The van der Waals surface area contributed by atoms with Crippen molar-refractivity contribution in [3.05, 3.63) is 63.4 Å². The van der Waals surface area contributed by atoms with Crippen molar-refractivity contribution < 1.29 is 0 Å². The van der Waals surface area contributed by atoms with E-state index in [0.717, 1.165) is 45.8 Å². The summed E-state index contributed by atoms with van der Waals surface area (Å²) in [6.45, 7) is 2.03. The Balaban J connectivity index is 2.22. The molecule has 18 heavy (non-hydrogen) atoms. The van der Waals surface area contributed by atoms with Crippen LogP contribution >= 0.6 is 11.6 Å². The highest BCUT2D eigenvalue weighted by Crippen LogP contribution is 2.28. The van der Waals surface area contributed by atoms with Crippen molar-refractivity contribution in [2.45, 2.75) is 19.8 Å². The van der Waals surface area contributed by atoms with Crippen molar-refractivity contribution in [1.29, 1.82) is 5.41 Å². The Morgan fingerprint density at radius 3 is 2.94 bits per heavy atom. The van der Waals surface area contributed by atoms with Crippen LogP contribution in [0.25, 0.3) is 0 Å². The fourth-order valence-electron chi connectivity index (χ4n) is 2.48. The summed E-state index contributed by atoms with van der Waals surface area (Å²) < 4.78 is 0. The molecule has 1 aliphatic rings. The minimum atomic E-state index is 0.486. The Labute approximate surface area is 111 Å². The van der Waals surface area contributed by atoms with E-state index in [1.165, 1.54) is 0 Å². The minimum Gasteiger partial charge on any atom is -0.298 e. The molecule has 0 radical (unpaired) electrons. The predicted molar refractivity (Wildman–Crippen MR) is 73.8 cm³/mol. The third-order valence-corrected chi connectivity index (χ3v) is 3.73. The van der Waals surface area contributed by atoms with Crippen LogP contribution in [0.4, 0.5) is 0 Å². The van der Waals surface area contributed by atoms with Crippen LogP contribution in [0.15, 0.2) is 30.5 Å². The van der Waals surface area contributed by atoms with Crippen LogP contribution in [0.5, 0.6) is 0 Å². The number of pyridine rings is 1. The van der Waals surface area contributed by atoms with E-state index in [1.807, 2.05) is 31.3 Å². The van der Waals surface area contributed by atoms with Crippen molar-refractivity contribution in [3.8, 4) is 0 Å². The predicted octanol–water partition coefficient (Wildman–Crippen LogP) is 3.56.